The molecule has 1 unspecified atom stereocenters. The monoisotopic (exact) mass is 250 g/mol. The fraction of sp³-hybridized carbons (Fsp3) is 0.692. The van der Waals surface area contributed by atoms with E-state index in [1.165, 1.54) is 6.42 Å². The van der Waals surface area contributed by atoms with Gasteiger partial charge in [0.25, 0.3) is 0 Å². The maximum absolute atomic E-state index is 5.23. The summed E-state index contributed by atoms with van der Waals surface area (Å²) < 4.78 is 5.23. The number of ether oxygens (including phenoxy) is 1. The van der Waals surface area contributed by atoms with Crippen LogP contribution in [-0.2, 0) is 4.74 Å². The lowest BCUT2D eigenvalue weighted by Crippen LogP contribution is -2.23. The predicted molar refractivity (Wildman–Crippen MR) is 73.1 cm³/mol. The van der Waals surface area contributed by atoms with Crippen molar-refractivity contribution in [3.8, 4) is 0 Å². The molecular weight excluding hydrogens is 228 g/mol. The molecule has 1 fully saturated rings. The van der Waals surface area contributed by atoms with Gasteiger partial charge in [0.2, 0.25) is 5.95 Å². The Morgan fingerprint density at radius 1 is 1.56 bits per heavy atom. The summed E-state index contributed by atoms with van der Waals surface area (Å²) in [7, 11) is 1.77. The topological polar surface area (TPSA) is 50.3 Å². The lowest BCUT2D eigenvalue weighted by Gasteiger charge is -2.20. The van der Waals surface area contributed by atoms with Crippen molar-refractivity contribution in [2.45, 2.75) is 20.3 Å². The molecule has 0 amide bonds. The van der Waals surface area contributed by atoms with Gasteiger partial charge >= 0.3 is 0 Å². The number of methoxy groups -OCH3 is 1. The fourth-order valence-corrected chi connectivity index (χ4v) is 2.39. The molecule has 1 saturated heterocycles. The van der Waals surface area contributed by atoms with Gasteiger partial charge in [-0.25, -0.2) is 4.98 Å². The minimum atomic E-state index is 0.618. The van der Waals surface area contributed by atoms with Crippen LogP contribution in [0.3, 0.4) is 0 Å². The predicted octanol–water partition coefficient (Wildman–Crippen LogP) is 1.69. The smallest absolute Gasteiger partial charge is 0.224 e. The highest BCUT2D eigenvalue weighted by molar-refractivity contribution is 5.49. The Balaban J connectivity index is 2.10. The number of nitrogens with zero attached hydrogens (tertiary/aromatic N) is 3. The molecule has 0 radical (unpaired) electrons. The molecule has 1 N–H and O–H groups in total. The molecule has 1 aliphatic rings. The minimum absolute atomic E-state index is 0.618. The Morgan fingerprint density at radius 3 is 3.11 bits per heavy atom. The molecule has 1 aromatic heterocycles. The summed E-state index contributed by atoms with van der Waals surface area (Å²) in [5, 5.41) is 3.16. The third-order valence-corrected chi connectivity index (χ3v) is 3.27. The number of anilines is 2. The highest BCUT2D eigenvalue weighted by Crippen LogP contribution is 2.25. The van der Waals surface area contributed by atoms with E-state index in [4.69, 9.17) is 4.74 Å². The number of aryl methyl sites for hydroxylation is 1. The minimum Gasteiger partial charge on any atom is -0.384 e. The fourth-order valence-electron chi connectivity index (χ4n) is 2.39. The van der Waals surface area contributed by atoms with Gasteiger partial charge in [0, 0.05) is 44.4 Å². The van der Waals surface area contributed by atoms with Gasteiger partial charge in [-0.2, -0.15) is 4.98 Å². The van der Waals surface area contributed by atoms with Crippen molar-refractivity contribution in [3.63, 3.8) is 0 Å². The van der Waals surface area contributed by atoms with Gasteiger partial charge in [-0.3, -0.25) is 0 Å². The van der Waals surface area contributed by atoms with E-state index in [0.717, 1.165) is 37.6 Å². The maximum Gasteiger partial charge on any atom is 0.224 e. The molecule has 0 aliphatic carbocycles. The van der Waals surface area contributed by atoms with Crippen molar-refractivity contribution in [2.75, 3.05) is 43.6 Å². The molecule has 0 spiro atoms. The summed E-state index contributed by atoms with van der Waals surface area (Å²) >= 11 is 0. The number of hydrogen-bond donors (Lipinski definition) is 1. The second-order valence-electron chi connectivity index (χ2n) is 4.79. The zero-order chi connectivity index (χ0) is 13.0. The average molecular weight is 250 g/mol. The van der Waals surface area contributed by atoms with E-state index in [9.17, 15) is 0 Å². The van der Waals surface area contributed by atoms with E-state index in [1.54, 1.807) is 7.11 Å². The molecule has 5 nitrogen and oxygen atoms in total. The van der Waals surface area contributed by atoms with Crippen LogP contribution in [0.1, 0.15) is 18.9 Å². The first kappa shape index (κ1) is 13.1. The molecule has 1 atom stereocenters. The van der Waals surface area contributed by atoms with Crippen LogP contribution >= 0.6 is 0 Å². The Labute approximate surface area is 109 Å². The molecule has 2 heterocycles. The first-order chi connectivity index (χ1) is 8.74. The van der Waals surface area contributed by atoms with Gasteiger partial charge in [-0.05, 0) is 20.3 Å². The Kier molecular flexibility index (Phi) is 4.36. The maximum atomic E-state index is 5.23. The second-order valence-corrected chi connectivity index (χ2v) is 4.79. The lowest BCUT2D eigenvalue weighted by molar-refractivity contribution is 0.161. The summed E-state index contributed by atoms with van der Waals surface area (Å²) in [5.41, 5.74) is 1.13. The van der Waals surface area contributed by atoms with Crippen molar-refractivity contribution in [1.29, 1.82) is 0 Å². The van der Waals surface area contributed by atoms with Crippen molar-refractivity contribution < 1.29 is 4.74 Å². The molecule has 1 aromatic rings. The third-order valence-electron chi connectivity index (χ3n) is 3.27. The highest BCUT2D eigenvalue weighted by atomic mass is 16.5. The summed E-state index contributed by atoms with van der Waals surface area (Å²) in [4.78, 5) is 11.2. The first-order valence-electron chi connectivity index (χ1n) is 6.56. The van der Waals surface area contributed by atoms with Crippen molar-refractivity contribution in [1.82, 2.24) is 9.97 Å². The molecule has 5 heteroatoms. The first-order valence-corrected chi connectivity index (χ1v) is 6.56. The van der Waals surface area contributed by atoms with Crippen LogP contribution in [0.4, 0.5) is 11.8 Å². The average Bonchev–Trinajstić information content (AvgIpc) is 2.81. The van der Waals surface area contributed by atoms with Crippen LogP contribution in [0.25, 0.3) is 0 Å². The van der Waals surface area contributed by atoms with Crippen molar-refractivity contribution in [2.24, 2.45) is 5.92 Å². The molecule has 2 rings (SSSR count). The number of nitrogens with one attached hydrogen (secondary N) is 1. The van der Waals surface area contributed by atoms with Gasteiger partial charge in [0.1, 0.15) is 5.82 Å². The van der Waals surface area contributed by atoms with Crippen LogP contribution in [0.15, 0.2) is 6.20 Å². The Bertz CT molecular complexity index is 397. The van der Waals surface area contributed by atoms with E-state index in [0.29, 0.717) is 11.9 Å². The zero-order valence-corrected chi connectivity index (χ0v) is 11.4. The Hall–Kier alpha value is -1.36. The largest absolute Gasteiger partial charge is 0.384 e. The summed E-state index contributed by atoms with van der Waals surface area (Å²) in [6.07, 6.45) is 3.07. The quantitative estimate of drug-likeness (QED) is 0.862. The van der Waals surface area contributed by atoms with Crippen molar-refractivity contribution in [3.05, 3.63) is 11.8 Å². The van der Waals surface area contributed by atoms with E-state index in [-0.39, 0.29) is 0 Å². The molecule has 0 aromatic carbocycles. The third kappa shape index (κ3) is 2.90. The normalized spacial score (nSPS) is 19.3. The number of hydrogen-bond acceptors (Lipinski definition) is 5. The SMILES string of the molecule is CCNc1ncc(C)c(N2CCC(COC)C2)n1. The number of aromatic nitrogens is 2. The van der Waals surface area contributed by atoms with E-state index in [1.807, 2.05) is 13.1 Å². The Morgan fingerprint density at radius 2 is 2.39 bits per heavy atom. The van der Waals surface area contributed by atoms with Crippen LogP contribution < -0.4 is 10.2 Å². The molecule has 1 aliphatic heterocycles. The molecule has 18 heavy (non-hydrogen) atoms. The van der Waals surface area contributed by atoms with E-state index in [2.05, 4.69) is 27.1 Å². The summed E-state index contributed by atoms with van der Waals surface area (Å²) in [6, 6.07) is 0. The lowest BCUT2D eigenvalue weighted by atomic mass is 10.1. The number of rotatable bonds is 5. The van der Waals surface area contributed by atoms with Crippen LogP contribution in [0, 0.1) is 12.8 Å². The van der Waals surface area contributed by atoms with Crippen LogP contribution in [0.5, 0.6) is 0 Å². The van der Waals surface area contributed by atoms with E-state index >= 15 is 0 Å². The standard InChI is InChI=1S/C13H22N4O/c1-4-14-13-15-7-10(2)12(16-13)17-6-5-11(8-17)9-18-3/h7,11H,4-6,8-9H2,1-3H3,(H,14,15,16). The van der Waals surface area contributed by atoms with Gasteiger partial charge in [-0.15, -0.1) is 0 Å². The van der Waals surface area contributed by atoms with Gasteiger partial charge in [0.15, 0.2) is 0 Å². The molecule has 100 valence electrons. The van der Waals surface area contributed by atoms with Crippen LogP contribution in [-0.4, -0.2) is 43.3 Å². The van der Waals surface area contributed by atoms with Gasteiger partial charge < -0.3 is 15.0 Å². The summed E-state index contributed by atoms with van der Waals surface area (Å²) in [6.45, 7) is 7.87. The molecule has 0 saturated carbocycles. The highest BCUT2D eigenvalue weighted by Gasteiger charge is 2.24. The molecular formula is C13H22N4O. The van der Waals surface area contributed by atoms with Gasteiger partial charge in [0.05, 0.1) is 6.61 Å². The second kappa shape index (κ2) is 6.00. The molecule has 0 bridgehead atoms. The van der Waals surface area contributed by atoms with Crippen LogP contribution in [0.2, 0.25) is 0 Å². The van der Waals surface area contributed by atoms with E-state index < -0.39 is 0 Å². The van der Waals surface area contributed by atoms with Gasteiger partial charge in [-0.1, -0.05) is 0 Å². The van der Waals surface area contributed by atoms with Crippen molar-refractivity contribution >= 4 is 11.8 Å². The summed E-state index contributed by atoms with van der Waals surface area (Å²) in [5.74, 6) is 2.39. The zero-order valence-electron chi connectivity index (χ0n) is 11.4.